The van der Waals surface area contributed by atoms with E-state index in [1.54, 1.807) is 17.8 Å². The fourth-order valence-corrected chi connectivity index (χ4v) is 4.02. The first-order valence-electron chi connectivity index (χ1n) is 9.24. The van der Waals surface area contributed by atoms with E-state index >= 15 is 0 Å². The SMILES string of the molecule is Cc1nn(C)c2ncc(C(=O)NCCC3COc4ccc(C(=N)N)cc43)c(Cl)c12. The first-order valence-corrected chi connectivity index (χ1v) is 9.61. The summed E-state index contributed by atoms with van der Waals surface area (Å²) in [6, 6.07) is 5.50. The highest BCUT2D eigenvalue weighted by atomic mass is 35.5. The quantitative estimate of drug-likeness (QED) is 0.439. The number of carbonyl (C=O) groups excluding carboxylic acids is 1. The Balaban J connectivity index is 1.45. The van der Waals surface area contributed by atoms with Crippen molar-refractivity contribution < 1.29 is 9.53 Å². The number of carbonyl (C=O) groups is 1. The van der Waals surface area contributed by atoms with Crippen LogP contribution in [0.1, 0.15) is 39.5 Å². The number of nitrogens with zero attached hydrogens (tertiary/aromatic N) is 3. The summed E-state index contributed by atoms with van der Waals surface area (Å²) >= 11 is 6.47. The molecule has 1 aliphatic rings. The minimum atomic E-state index is -0.274. The summed E-state index contributed by atoms with van der Waals surface area (Å²) in [5.74, 6) is 0.677. The maximum Gasteiger partial charge on any atom is 0.254 e. The second kappa shape index (κ2) is 7.36. The molecule has 4 N–H and O–H groups in total. The standard InChI is InChI=1S/C20H21ClN6O2/c1-10-16-17(21)14(8-25-19(16)27(2)26-10)20(28)24-6-5-12-9-29-15-4-3-11(18(22)23)7-13(12)15/h3-4,7-8,12H,5-6,9H2,1-2H3,(H3,22,23)(H,24,28). The number of pyridine rings is 1. The molecule has 8 nitrogen and oxygen atoms in total. The Bertz CT molecular complexity index is 1140. The Labute approximate surface area is 172 Å². The van der Waals surface area contributed by atoms with Crippen LogP contribution in [0.25, 0.3) is 11.0 Å². The molecule has 9 heteroatoms. The number of nitrogen functional groups attached to an aromatic ring is 1. The number of rotatable bonds is 5. The molecule has 1 aliphatic heterocycles. The Morgan fingerprint density at radius 2 is 2.28 bits per heavy atom. The van der Waals surface area contributed by atoms with Crippen LogP contribution in [0.5, 0.6) is 5.75 Å². The summed E-state index contributed by atoms with van der Waals surface area (Å²) in [5.41, 5.74) is 8.97. The van der Waals surface area contributed by atoms with Crippen molar-refractivity contribution in [1.82, 2.24) is 20.1 Å². The molecule has 29 heavy (non-hydrogen) atoms. The molecule has 4 rings (SSSR count). The second-order valence-electron chi connectivity index (χ2n) is 7.11. The molecule has 0 fully saturated rings. The lowest BCUT2D eigenvalue weighted by atomic mass is 9.96. The van der Waals surface area contributed by atoms with Crippen LogP contribution in [0.2, 0.25) is 5.02 Å². The zero-order chi connectivity index (χ0) is 20.7. The molecular weight excluding hydrogens is 392 g/mol. The molecule has 0 saturated heterocycles. The van der Waals surface area contributed by atoms with Crippen molar-refractivity contribution in [3.8, 4) is 5.75 Å². The number of halogens is 1. The third kappa shape index (κ3) is 3.40. The normalized spacial score (nSPS) is 15.2. The van der Waals surface area contributed by atoms with Crippen molar-refractivity contribution in [3.63, 3.8) is 0 Å². The number of aryl methyl sites for hydroxylation is 2. The van der Waals surface area contributed by atoms with Gasteiger partial charge in [-0.1, -0.05) is 11.6 Å². The van der Waals surface area contributed by atoms with Gasteiger partial charge in [0.25, 0.3) is 5.91 Å². The van der Waals surface area contributed by atoms with Gasteiger partial charge >= 0.3 is 0 Å². The maximum absolute atomic E-state index is 12.7. The summed E-state index contributed by atoms with van der Waals surface area (Å²) < 4.78 is 7.35. The van der Waals surface area contributed by atoms with Crippen molar-refractivity contribution in [2.75, 3.05) is 13.2 Å². The topological polar surface area (TPSA) is 119 Å². The first kappa shape index (κ1) is 19.2. The molecule has 1 amide bonds. The summed E-state index contributed by atoms with van der Waals surface area (Å²) in [6.07, 6.45) is 2.17. The Kier molecular flexibility index (Phi) is 4.87. The van der Waals surface area contributed by atoms with Gasteiger partial charge in [-0.05, 0) is 31.5 Å². The number of nitrogens with one attached hydrogen (secondary N) is 2. The molecule has 3 heterocycles. The smallest absolute Gasteiger partial charge is 0.254 e. The maximum atomic E-state index is 12.7. The number of aromatic nitrogens is 3. The highest BCUT2D eigenvalue weighted by molar-refractivity contribution is 6.38. The van der Waals surface area contributed by atoms with Crippen LogP contribution < -0.4 is 15.8 Å². The minimum Gasteiger partial charge on any atom is -0.493 e. The largest absolute Gasteiger partial charge is 0.493 e. The molecule has 1 unspecified atom stereocenters. The van der Waals surface area contributed by atoms with Gasteiger partial charge in [-0.2, -0.15) is 5.10 Å². The van der Waals surface area contributed by atoms with Crippen molar-refractivity contribution in [2.45, 2.75) is 19.3 Å². The van der Waals surface area contributed by atoms with Crippen molar-refractivity contribution in [1.29, 1.82) is 5.41 Å². The van der Waals surface area contributed by atoms with Crippen LogP contribution >= 0.6 is 11.6 Å². The lowest BCUT2D eigenvalue weighted by Crippen LogP contribution is -2.26. The summed E-state index contributed by atoms with van der Waals surface area (Å²) in [5, 5.41) is 15.9. The zero-order valence-electron chi connectivity index (χ0n) is 16.1. The molecule has 3 aromatic rings. The van der Waals surface area contributed by atoms with Gasteiger partial charge < -0.3 is 15.8 Å². The molecule has 0 aliphatic carbocycles. The van der Waals surface area contributed by atoms with Gasteiger partial charge in [-0.15, -0.1) is 0 Å². The van der Waals surface area contributed by atoms with Crippen molar-refractivity contribution in [2.24, 2.45) is 12.8 Å². The number of nitrogens with two attached hydrogens (primary N) is 1. The van der Waals surface area contributed by atoms with E-state index in [2.05, 4.69) is 15.4 Å². The predicted octanol–water partition coefficient (Wildman–Crippen LogP) is 2.51. The minimum absolute atomic E-state index is 0.0231. The molecule has 1 aromatic carbocycles. The van der Waals surface area contributed by atoms with E-state index in [0.29, 0.717) is 46.8 Å². The lowest BCUT2D eigenvalue weighted by Gasteiger charge is -2.11. The van der Waals surface area contributed by atoms with E-state index in [-0.39, 0.29) is 17.7 Å². The van der Waals surface area contributed by atoms with Gasteiger partial charge in [-0.3, -0.25) is 14.9 Å². The number of amidine groups is 1. The number of hydrogen-bond donors (Lipinski definition) is 3. The molecule has 150 valence electrons. The molecule has 1 atom stereocenters. The molecule has 0 spiro atoms. The van der Waals surface area contributed by atoms with Crippen LogP contribution in [-0.4, -0.2) is 39.7 Å². The van der Waals surface area contributed by atoms with E-state index in [1.807, 2.05) is 19.1 Å². The van der Waals surface area contributed by atoms with Crippen LogP contribution in [0, 0.1) is 12.3 Å². The first-order chi connectivity index (χ1) is 13.9. The lowest BCUT2D eigenvalue weighted by molar-refractivity contribution is 0.0952. The summed E-state index contributed by atoms with van der Waals surface area (Å²) in [4.78, 5) is 17.0. The molecule has 2 aromatic heterocycles. The third-order valence-corrected chi connectivity index (χ3v) is 5.58. The van der Waals surface area contributed by atoms with Crippen LogP contribution in [0.15, 0.2) is 24.4 Å². The average molecular weight is 413 g/mol. The van der Waals surface area contributed by atoms with Gasteiger partial charge in [0.1, 0.15) is 11.6 Å². The van der Waals surface area contributed by atoms with E-state index in [0.717, 1.165) is 17.0 Å². The Morgan fingerprint density at radius 3 is 3.03 bits per heavy atom. The van der Waals surface area contributed by atoms with E-state index in [9.17, 15) is 4.79 Å². The van der Waals surface area contributed by atoms with Crippen LogP contribution in [0.4, 0.5) is 0 Å². The Hall–Kier alpha value is -3.13. The molecular formula is C20H21ClN6O2. The van der Waals surface area contributed by atoms with Crippen molar-refractivity contribution >= 4 is 34.4 Å². The highest BCUT2D eigenvalue weighted by Crippen LogP contribution is 2.36. The third-order valence-electron chi connectivity index (χ3n) is 5.19. The van der Waals surface area contributed by atoms with Crippen molar-refractivity contribution in [3.05, 3.63) is 51.8 Å². The van der Waals surface area contributed by atoms with E-state index in [1.165, 1.54) is 6.20 Å². The number of amides is 1. The van der Waals surface area contributed by atoms with Gasteiger partial charge in [0.05, 0.1) is 28.3 Å². The zero-order valence-corrected chi connectivity index (χ0v) is 16.9. The Morgan fingerprint density at radius 1 is 1.48 bits per heavy atom. The van der Waals surface area contributed by atoms with Crippen LogP contribution in [-0.2, 0) is 7.05 Å². The van der Waals surface area contributed by atoms with Gasteiger partial charge in [-0.25, -0.2) is 4.98 Å². The highest BCUT2D eigenvalue weighted by Gasteiger charge is 2.25. The van der Waals surface area contributed by atoms with Gasteiger partial charge in [0.2, 0.25) is 0 Å². The summed E-state index contributed by atoms with van der Waals surface area (Å²) in [7, 11) is 1.79. The fourth-order valence-electron chi connectivity index (χ4n) is 3.67. The molecule has 0 bridgehead atoms. The van der Waals surface area contributed by atoms with Gasteiger partial charge in [0.15, 0.2) is 5.65 Å². The van der Waals surface area contributed by atoms with E-state index < -0.39 is 0 Å². The molecule has 0 saturated carbocycles. The van der Waals surface area contributed by atoms with Gasteiger partial charge in [0, 0.05) is 36.8 Å². The number of fused-ring (bicyclic) bond motifs is 2. The monoisotopic (exact) mass is 412 g/mol. The number of ether oxygens (including phenoxy) is 1. The molecule has 0 radical (unpaired) electrons. The predicted molar refractivity (Wildman–Crippen MR) is 111 cm³/mol. The second-order valence-corrected chi connectivity index (χ2v) is 7.49. The summed E-state index contributed by atoms with van der Waals surface area (Å²) in [6.45, 7) is 2.83. The fraction of sp³-hybridized carbons (Fsp3) is 0.300. The van der Waals surface area contributed by atoms with Crippen LogP contribution in [0.3, 0.4) is 0 Å². The number of hydrogen-bond acceptors (Lipinski definition) is 5. The van der Waals surface area contributed by atoms with E-state index in [4.69, 9.17) is 27.5 Å². The number of benzene rings is 1. The average Bonchev–Trinajstić information content (AvgIpc) is 3.22.